The number of benzene rings is 3. The van der Waals surface area contributed by atoms with Gasteiger partial charge in [0.15, 0.2) is 5.78 Å². The quantitative estimate of drug-likeness (QED) is 0.460. The van der Waals surface area contributed by atoms with Crippen LogP contribution in [-0.4, -0.2) is 16.8 Å². The van der Waals surface area contributed by atoms with Gasteiger partial charge in [0.05, 0.1) is 12.0 Å². The Kier molecular flexibility index (Phi) is 5.31. The Morgan fingerprint density at radius 3 is 2.30 bits per heavy atom. The fourth-order valence-electron chi connectivity index (χ4n) is 3.86. The topological polar surface area (TPSA) is 57.6 Å². The van der Waals surface area contributed by atoms with Crippen LogP contribution in [0.5, 0.6) is 5.75 Å². The zero-order valence-corrected chi connectivity index (χ0v) is 16.0. The number of carbonyl (C=O) groups excluding carboxylic acids is 2. The number of amides is 1. The molecule has 1 N–H and O–H groups in total. The molecule has 152 valence electrons. The molecular weight excluding hydrogens is 388 g/mol. The van der Waals surface area contributed by atoms with Crippen molar-refractivity contribution in [2.24, 2.45) is 5.92 Å². The second-order valence-corrected chi connectivity index (χ2v) is 7.30. The van der Waals surface area contributed by atoms with Crippen molar-refractivity contribution in [3.63, 3.8) is 0 Å². The van der Waals surface area contributed by atoms with Gasteiger partial charge in [-0.1, -0.05) is 18.2 Å². The molecule has 0 spiro atoms. The monoisotopic (exact) mass is 407 g/mol. The van der Waals surface area contributed by atoms with Crippen LogP contribution in [0.1, 0.15) is 34.8 Å². The summed E-state index contributed by atoms with van der Waals surface area (Å²) < 4.78 is 26.8. The fourth-order valence-corrected chi connectivity index (χ4v) is 3.86. The van der Waals surface area contributed by atoms with Crippen molar-refractivity contribution in [2.45, 2.75) is 18.9 Å². The largest absolute Gasteiger partial charge is 0.508 e. The number of carbonyl (C=O) groups is 2. The highest BCUT2D eigenvalue weighted by Gasteiger charge is 2.48. The van der Waals surface area contributed by atoms with Crippen LogP contribution in [0.4, 0.5) is 14.5 Å². The number of anilines is 1. The Bertz CT molecular complexity index is 1080. The minimum absolute atomic E-state index is 0.102. The minimum Gasteiger partial charge on any atom is -0.508 e. The van der Waals surface area contributed by atoms with Gasteiger partial charge in [0.2, 0.25) is 5.91 Å². The number of phenolic OH excluding ortho intramolecular Hbond substituents is 1. The molecule has 0 bridgehead atoms. The molecule has 0 aromatic heterocycles. The Morgan fingerprint density at radius 2 is 1.63 bits per heavy atom. The van der Waals surface area contributed by atoms with Crippen LogP contribution in [0.25, 0.3) is 0 Å². The number of halogens is 2. The number of Topliss-reactive ketones (excluding diaryl/α,β-unsaturated/α-hetero) is 1. The molecular formula is C24H19F2NO3. The van der Waals surface area contributed by atoms with Crippen LogP contribution in [0.3, 0.4) is 0 Å². The summed E-state index contributed by atoms with van der Waals surface area (Å²) in [6, 6.07) is 17.2. The van der Waals surface area contributed by atoms with Crippen molar-refractivity contribution in [1.29, 1.82) is 0 Å². The zero-order valence-electron chi connectivity index (χ0n) is 16.0. The van der Waals surface area contributed by atoms with Gasteiger partial charge in [-0.05, 0) is 66.6 Å². The first-order chi connectivity index (χ1) is 14.4. The van der Waals surface area contributed by atoms with Crippen LogP contribution in [0, 0.1) is 17.6 Å². The Balaban J connectivity index is 1.56. The van der Waals surface area contributed by atoms with E-state index in [0.717, 1.165) is 5.56 Å². The van der Waals surface area contributed by atoms with E-state index in [1.54, 1.807) is 18.2 Å². The van der Waals surface area contributed by atoms with Gasteiger partial charge in [-0.3, -0.25) is 9.59 Å². The molecule has 0 unspecified atom stereocenters. The second-order valence-electron chi connectivity index (χ2n) is 7.30. The number of phenols is 1. The van der Waals surface area contributed by atoms with Gasteiger partial charge >= 0.3 is 0 Å². The fraction of sp³-hybridized carbons (Fsp3) is 0.167. The smallest absolute Gasteiger partial charge is 0.233 e. The molecule has 1 saturated heterocycles. The van der Waals surface area contributed by atoms with Crippen LogP contribution in [0.15, 0.2) is 72.8 Å². The molecule has 4 rings (SSSR count). The number of β-lactam (4-membered cyclic amide) rings is 1. The lowest BCUT2D eigenvalue weighted by Crippen LogP contribution is -2.55. The van der Waals surface area contributed by atoms with E-state index in [1.807, 2.05) is 0 Å². The molecule has 1 heterocycles. The Hall–Kier alpha value is -3.54. The first-order valence-electron chi connectivity index (χ1n) is 9.60. The molecule has 0 radical (unpaired) electrons. The molecule has 3 aromatic rings. The Labute approximate surface area is 172 Å². The summed E-state index contributed by atoms with van der Waals surface area (Å²) in [6.45, 7) is 0. The average Bonchev–Trinajstić information content (AvgIpc) is 2.73. The van der Waals surface area contributed by atoms with Gasteiger partial charge in [0.25, 0.3) is 0 Å². The molecule has 6 heteroatoms. The molecule has 1 amide bonds. The third-order valence-corrected chi connectivity index (χ3v) is 5.38. The summed E-state index contributed by atoms with van der Waals surface area (Å²) in [4.78, 5) is 26.9. The molecule has 1 aliphatic rings. The molecule has 4 nitrogen and oxygen atoms in total. The molecule has 0 aliphatic carbocycles. The number of hydrogen-bond donors (Lipinski definition) is 1. The van der Waals surface area contributed by atoms with Crippen molar-refractivity contribution in [1.82, 2.24) is 0 Å². The van der Waals surface area contributed by atoms with Crippen LogP contribution < -0.4 is 4.90 Å². The summed E-state index contributed by atoms with van der Waals surface area (Å²) in [5.41, 5.74) is 1.63. The zero-order chi connectivity index (χ0) is 21.3. The van der Waals surface area contributed by atoms with Crippen LogP contribution in [0.2, 0.25) is 0 Å². The maximum atomic E-state index is 13.7. The van der Waals surface area contributed by atoms with E-state index in [-0.39, 0.29) is 29.9 Å². The molecule has 0 saturated carbocycles. The third kappa shape index (κ3) is 3.81. The number of aromatic hydroxyl groups is 1. The highest BCUT2D eigenvalue weighted by atomic mass is 19.1. The molecule has 3 aromatic carbocycles. The number of hydrogen-bond acceptors (Lipinski definition) is 3. The molecule has 2 atom stereocenters. The van der Waals surface area contributed by atoms with Crippen molar-refractivity contribution in [3.8, 4) is 5.75 Å². The van der Waals surface area contributed by atoms with Crippen molar-refractivity contribution >= 4 is 17.4 Å². The van der Waals surface area contributed by atoms with E-state index in [1.165, 1.54) is 59.5 Å². The number of nitrogens with zero attached hydrogens (tertiary/aromatic N) is 1. The van der Waals surface area contributed by atoms with Crippen molar-refractivity contribution < 1.29 is 23.5 Å². The van der Waals surface area contributed by atoms with Gasteiger partial charge in [-0.2, -0.15) is 0 Å². The first kappa shape index (κ1) is 19.8. The van der Waals surface area contributed by atoms with Crippen molar-refractivity contribution in [2.75, 3.05) is 4.90 Å². The summed E-state index contributed by atoms with van der Waals surface area (Å²) >= 11 is 0. The van der Waals surface area contributed by atoms with Gasteiger partial charge < -0.3 is 10.0 Å². The predicted molar refractivity (Wildman–Crippen MR) is 108 cm³/mol. The van der Waals surface area contributed by atoms with E-state index in [9.17, 15) is 23.5 Å². The van der Waals surface area contributed by atoms with Crippen LogP contribution >= 0.6 is 0 Å². The standard InChI is InChI=1S/C24H19F2NO3/c25-17-8-4-15(5-9-17)22(29)13-12-21-23(16-6-10-20(28)11-7-16)27(24(21)30)19-3-1-2-18(26)14-19/h1-11,14,21,23,28H,12-13H2/t21-,23-/m1/s1. The molecule has 1 aliphatic heterocycles. The molecule has 30 heavy (non-hydrogen) atoms. The van der Waals surface area contributed by atoms with E-state index >= 15 is 0 Å². The summed E-state index contributed by atoms with van der Waals surface area (Å²) in [5, 5.41) is 9.59. The van der Waals surface area contributed by atoms with Gasteiger partial charge in [-0.15, -0.1) is 0 Å². The first-order valence-corrected chi connectivity index (χ1v) is 9.60. The highest BCUT2D eigenvalue weighted by molar-refractivity contribution is 6.04. The van der Waals surface area contributed by atoms with Crippen molar-refractivity contribution in [3.05, 3.63) is 95.6 Å². The van der Waals surface area contributed by atoms with Gasteiger partial charge in [0, 0.05) is 17.7 Å². The van der Waals surface area contributed by atoms with Gasteiger partial charge in [-0.25, -0.2) is 8.78 Å². The summed E-state index contributed by atoms with van der Waals surface area (Å²) in [5.74, 6) is -1.58. The SMILES string of the molecule is O=C(CC[C@H]1C(=O)N(c2cccc(F)c2)[C@@H]1c1ccc(O)cc1)c1ccc(F)cc1. The summed E-state index contributed by atoms with van der Waals surface area (Å²) in [7, 11) is 0. The lowest BCUT2D eigenvalue weighted by molar-refractivity contribution is -0.130. The minimum atomic E-state index is -0.456. The normalized spacial score (nSPS) is 18.2. The van der Waals surface area contributed by atoms with E-state index in [4.69, 9.17) is 0 Å². The predicted octanol–water partition coefficient (Wildman–Crippen LogP) is 5.04. The third-order valence-electron chi connectivity index (χ3n) is 5.38. The summed E-state index contributed by atoms with van der Waals surface area (Å²) in [6.07, 6.45) is 0.444. The number of rotatable bonds is 6. The number of ketones is 1. The maximum Gasteiger partial charge on any atom is 0.233 e. The lowest BCUT2D eigenvalue weighted by atomic mass is 9.78. The maximum absolute atomic E-state index is 13.7. The van der Waals surface area contributed by atoms with Crippen LogP contribution in [-0.2, 0) is 4.79 Å². The average molecular weight is 407 g/mol. The Morgan fingerprint density at radius 1 is 0.933 bits per heavy atom. The highest BCUT2D eigenvalue weighted by Crippen LogP contribution is 2.46. The van der Waals surface area contributed by atoms with E-state index in [2.05, 4.69) is 0 Å². The molecule has 1 fully saturated rings. The van der Waals surface area contributed by atoms with Gasteiger partial charge in [0.1, 0.15) is 17.4 Å². The second kappa shape index (κ2) is 8.06. The lowest BCUT2D eigenvalue weighted by Gasteiger charge is -2.47. The van der Waals surface area contributed by atoms with E-state index in [0.29, 0.717) is 17.7 Å². The van der Waals surface area contributed by atoms with E-state index < -0.39 is 17.6 Å².